The standard InChI is InChI=1S/C16H26N4O5/c1-3-9(2)14(18)15(22)24-8-11-10(7-21)6-13(25-11)20-5-4-12(17)19-16(20)23/h4-5,9-11,13-14,21H,3,6-8,18H2,1-2H3,(H2,17,19,23)/t9-,10+,11+,13+,14-/m0/s1. The van der Waals surface area contributed by atoms with Gasteiger partial charge in [-0.15, -0.1) is 0 Å². The van der Waals surface area contributed by atoms with E-state index >= 15 is 0 Å². The summed E-state index contributed by atoms with van der Waals surface area (Å²) in [4.78, 5) is 27.6. The van der Waals surface area contributed by atoms with E-state index in [0.717, 1.165) is 6.42 Å². The Hall–Kier alpha value is -1.97. The summed E-state index contributed by atoms with van der Waals surface area (Å²) in [7, 11) is 0. The maximum Gasteiger partial charge on any atom is 0.351 e. The predicted molar refractivity (Wildman–Crippen MR) is 90.4 cm³/mol. The fraction of sp³-hybridized carbons (Fsp3) is 0.688. The SMILES string of the molecule is CC[C@H](C)[C@H](N)C(=O)OC[C@H]1O[C@@H](n2ccc(N)nc2=O)C[C@@H]1CO. The summed E-state index contributed by atoms with van der Waals surface area (Å²) in [5, 5.41) is 9.55. The molecule has 2 rings (SSSR count). The van der Waals surface area contributed by atoms with Gasteiger partial charge in [0.25, 0.3) is 0 Å². The third-order valence-corrected chi connectivity index (χ3v) is 4.68. The second-order valence-electron chi connectivity index (χ2n) is 6.39. The minimum absolute atomic E-state index is 0.0119. The summed E-state index contributed by atoms with van der Waals surface area (Å²) < 4.78 is 12.4. The lowest BCUT2D eigenvalue weighted by atomic mass is 10.00. The highest BCUT2D eigenvalue weighted by molar-refractivity contribution is 5.75. The van der Waals surface area contributed by atoms with Crippen molar-refractivity contribution in [1.29, 1.82) is 0 Å². The number of aromatic nitrogens is 2. The quantitative estimate of drug-likeness (QED) is 0.563. The zero-order valence-electron chi connectivity index (χ0n) is 14.5. The predicted octanol–water partition coefficient (Wildman–Crippen LogP) is -0.362. The van der Waals surface area contributed by atoms with Crippen LogP contribution in [0.4, 0.5) is 5.82 Å². The molecular formula is C16H26N4O5. The Morgan fingerprint density at radius 1 is 1.60 bits per heavy atom. The molecule has 1 aliphatic rings. The largest absolute Gasteiger partial charge is 0.462 e. The second-order valence-corrected chi connectivity index (χ2v) is 6.39. The van der Waals surface area contributed by atoms with Gasteiger partial charge in [0.15, 0.2) is 0 Å². The van der Waals surface area contributed by atoms with Crippen LogP contribution in [0, 0.1) is 11.8 Å². The molecule has 0 amide bonds. The molecule has 140 valence electrons. The number of rotatable bonds is 7. The lowest BCUT2D eigenvalue weighted by molar-refractivity contribution is -0.152. The van der Waals surface area contributed by atoms with Gasteiger partial charge in [-0.05, 0) is 12.0 Å². The number of ether oxygens (including phenoxy) is 2. The lowest BCUT2D eigenvalue weighted by Crippen LogP contribution is -2.39. The van der Waals surface area contributed by atoms with E-state index in [9.17, 15) is 14.7 Å². The molecule has 5 N–H and O–H groups in total. The number of esters is 1. The average molecular weight is 354 g/mol. The van der Waals surface area contributed by atoms with Crippen molar-refractivity contribution < 1.29 is 19.4 Å². The van der Waals surface area contributed by atoms with Gasteiger partial charge in [-0.1, -0.05) is 20.3 Å². The van der Waals surface area contributed by atoms with Gasteiger partial charge in [0.2, 0.25) is 0 Å². The Labute approximate surface area is 145 Å². The third-order valence-electron chi connectivity index (χ3n) is 4.68. The van der Waals surface area contributed by atoms with Gasteiger partial charge in [0.05, 0.1) is 6.10 Å². The van der Waals surface area contributed by atoms with Crippen molar-refractivity contribution in [2.24, 2.45) is 17.6 Å². The molecule has 0 saturated carbocycles. The molecule has 0 aliphatic carbocycles. The first kappa shape index (κ1) is 19.4. The highest BCUT2D eigenvalue weighted by Crippen LogP contribution is 2.32. The normalized spacial score (nSPS) is 25.5. The van der Waals surface area contributed by atoms with Gasteiger partial charge >= 0.3 is 11.7 Å². The summed E-state index contributed by atoms with van der Waals surface area (Å²) in [6.45, 7) is 3.66. The Bertz CT molecular complexity index is 650. The Morgan fingerprint density at radius 2 is 2.32 bits per heavy atom. The minimum atomic E-state index is -0.696. The van der Waals surface area contributed by atoms with Gasteiger partial charge in [-0.3, -0.25) is 9.36 Å². The van der Waals surface area contributed by atoms with Gasteiger partial charge in [0.1, 0.15) is 24.7 Å². The first-order valence-electron chi connectivity index (χ1n) is 8.40. The van der Waals surface area contributed by atoms with Crippen LogP contribution < -0.4 is 17.2 Å². The van der Waals surface area contributed by atoms with Crippen molar-refractivity contribution in [2.45, 2.75) is 45.1 Å². The van der Waals surface area contributed by atoms with Crippen LogP contribution in [0.2, 0.25) is 0 Å². The fourth-order valence-corrected chi connectivity index (χ4v) is 2.72. The van der Waals surface area contributed by atoms with E-state index in [0.29, 0.717) is 6.42 Å². The summed E-state index contributed by atoms with van der Waals surface area (Å²) in [5.41, 5.74) is 10.8. The monoisotopic (exact) mass is 354 g/mol. The van der Waals surface area contributed by atoms with Crippen LogP contribution in [0.5, 0.6) is 0 Å². The molecule has 1 aromatic rings. The highest BCUT2D eigenvalue weighted by atomic mass is 16.6. The van der Waals surface area contributed by atoms with E-state index in [2.05, 4.69) is 4.98 Å². The molecule has 0 bridgehead atoms. The van der Waals surface area contributed by atoms with Gasteiger partial charge in [0, 0.05) is 25.1 Å². The zero-order valence-corrected chi connectivity index (χ0v) is 14.5. The summed E-state index contributed by atoms with van der Waals surface area (Å²) >= 11 is 0. The smallest absolute Gasteiger partial charge is 0.351 e. The first-order chi connectivity index (χ1) is 11.9. The van der Waals surface area contributed by atoms with Crippen LogP contribution >= 0.6 is 0 Å². The van der Waals surface area contributed by atoms with E-state index in [4.69, 9.17) is 20.9 Å². The summed E-state index contributed by atoms with van der Waals surface area (Å²) in [6.07, 6.45) is 1.56. The summed E-state index contributed by atoms with van der Waals surface area (Å²) in [5.74, 6) is -0.619. The molecule has 5 atom stereocenters. The minimum Gasteiger partial charge on any atom is -0.462 e. The number of nitrogen functional groups attached to an aromatic ring is 1. The second kappa shape index (κ2) is 8.41. The van der Waals surface area contributed by atoms with Gasteiger partial charge in [-0.25, -0.2) is 4.79 Å². The fourth-order valence-electron chi connectivity index (χ4n) is 2.72. The van der Waals surface area contributed by atoms with Crippen molar-refractivity contribution in [3.05, 3.63) is 22.7 Å². The molecule has 1 aliphatic heterocycles. The number of nitrogens with two attached hydrogens (primary N) is 2. The molecule has 25 heavy (non-hydrogen) atoms. The zero-order chi connectivity index (χ0) is 18.6. The van der Waals surface area contributed by atoms with Gasteiger partial charge < -0.3 is 26.0 Å². The lowest BCUT2D eigenvalue weighted by Gasteiger charge is -2.20. The number of aliphatic hydroxyl groups excluding tert-OH is 1. The van der Waals surface area contributed by atoms with Crippen LogP contribution in [0.15, 0.2) is 17.1 Å². The van der Waals surface area contributed by atoms with Crippen molar-refractivity contribution in [3.63, 3.8) is 0 Å². The number of carbonyl (C=O) groups is 1. The Kier molecular flexibility index (Phi) is 6.51. The molecule has 2 heterocycles. The molecule has 0 unspecified atom stereocenters. The van der Waals surface area contributed by atoms with Crippen LogP contribution in [0.3, 0.4) is 0 Å². The van der Waals surface area contributed by atoms with Crippen LogP contribution in [0.1, 0.15) is 32.9 Å². The topological polar surface area (TPSA) is 143 Å². The molecule has 0 radical (unpaired) electrons. The van der Waals surface area contributed by atoms with E-state index < -0.39 is 30.0 Å². The number of carbonyl (C=O) groups excluding carboxylic acids is 1. The van der Waals surface area contributed by atoms with E-state index in [-0.39, 0.29) is 30.9 Å². The number of nitrogens with zero attached hydrogens (tertiary/aromatic N) is 2. The van der Waals surface area contributed by atoms with Crippen molar-refractivity contribution in [2.75, 3.05) is 18.9 Å². The van der Waals surface area contributed by atoms with Crippen LogP contribution in [0.25, 0.3) is 0 Å². The van der Waals surface area contributed by atoms with Crippen molar-refractivity contribution in [1.82, 2.24) is 9.55 Å². The number of hydrogen-bond acceptors (Lipinski definition) is 8. The van der Waals surface area contributed by atoms with E-state index in [1.54, 1.807) is 0 Å². The molecule has 0 aromatic carbocycles. The molecule has 1 fully saturated rings. The third kappa shape index (κ3) is 4.56. The Balaban J connectivity index is 1.99. The van der Waals surface area contributed by atoms with E-state index in [1.165, 1.54) is 16.8 Å². The highest BCUT2D eigenvalue weighted by Gasteiger charge is 2.37. The summed E-state index contributed by atoms with van der Waals surface area (Å²) in [6, 6.07) is 0.802. The molecule has 0 spiro atoms. The number of aliphatic hydroxyl groups is 1. The molecule has 1 aromatic heterocycles. The maximum atomic E-state index is 12.0. The molecular weight excluding hydrogens is 328 g/mol. The molecule has 1 saturated heterocycles. The first-order valence-corrected chi connectivity index (χ1v) is 8.40. The molecule has 9 heteroatoms. The average Bonchev–Trinajstić information content (AvgIpc) is 3.01. The van der Waals surface area contributed by atoms with Crippen LogP contribution in [-0.4, -0.2) is 46.0 Å². The van der Waals surface area contributed by atoms with Crippen molar-refractivity contribution >= 4 is 11.8 Å². The van der Waals surface area contributed by atoms with Crippen molar-refractivity contribution in [3.8, 4) is 0 Å². The van der Waals surface area contributed by atoms with E-state index in [1.807, 2.05) is 13.8 Å². The number of anilines is 1. The number of hydrogen-bond donors (Lipinski definition) is 3. The van der Waals surface area contributed by atoms with Gasteiger partial charge in [-0.2, -0.15) is 4.98 Å². The Morgan fingerprint density at radius 3 is 2.92 bits per heavy atom. The van der Waals surface area contributed by atoms with Crippen LogP contribution in [-0.2, 0) is 14.3 Å². The molecule has 9 nitrogen and oxygen atoms in total. The maximum absolute atomic E-state index is 12.0.